The van der Waals surface area contributed by atoms with Crippen molar-refractivity contribution in [1.29, 1.82) is 0 Å². The third-order valence-corrected chi connectivity index (χ3v) is 5.83. The maximum Gasteiger partial charge on any atom is 0.326 e. The van der Waals surface area contributed by atoms with Crippen LogP contribution in [0.15, 0.2) is 66.7 Å². The number of hydrogen-bond acceptors (Lipinski definition) is 5. The summed E-state index contributed by atoms with van der Waals surface area (Å²) >= 11 is 0. The van der Waals surface area contributed by atoms with Gasteiger partial charge < -0.3 is 19.4 Å². The molecule has 7 heteroatoms. The van der Waals surface area contributed by atoms with Gasteiger partial charge in [0.15, 0.2) is 5.75 Å². The molecule has 0 aliphatic heterocycles. The van der Waals surface area contributed by atoms with E-state index in [0.717, 1.165) is 11.1 Å². The molecule has 0 saturated heterocycles. The summed E-state index contributed by atoms with van der Waals surface area (Å²) in [6, 6.07) is 18.8. The first-order chi connectivity index (χ1) is 17.3. The maximum atomic E-state index is 12.3. The molecule has 0 spiro atoms. The first-order valence-corrected chi connectivity index (χ1v) is 11.8. The van der Waals surface area contributed by atoms with E-state index in [-0.39, 0.29) is 18.4 Å². The molecule has 1 heterocycles. The van der Waals surface area contributed by atoms with Crippen LogP contribution in [0.25, 0.3) is 17.1 Å². The highest BCUT2D eigenvalue weighted by Gasteiger charge is 2.15. The number of aryl methyl sites for hydroxylation is 3. The summed E-state index contributed by atoms with van der Waals surface area (Å²) in [5.74, 6) is 1.35. The number of carbonyl (C=O) groups excluding carboxylic acids is 2. The van der Waals surface area contributed by atoms with E-state index in [4.69, 9.17) is 9.47 Å². The number of nitrogens with zero attached hydrogens (tertiary/aromatic N) is 2. The van der Waals surface area contributed by atoms with Crippen LogP contribution < -0.4 is 10.1 Å². The predicted octanol–water partition coefficient (Wildman–Crippen LogP) is 5.97. The van der Waals surface area contributed by atoms with Gasteiger partial charge in [-0.2, -0.15) is 0 Å². The molecule has 0 saturated carbocycles. The molecule has 0 radical (unpaired) electrons. The number of para-hydroxylation sites is 1. The van der Waals surface area contributed by atoms with E-state index in [0.29, 0.717) is 35.1 Å². The molecule has 184 valence electrons. The Labute approximate surface area is 210 Å². The average molecular weight is 484 g/mol. The van der Waals surface area contributed by atoms with Gasteiger partial charge in [0.2, 0.25) is 5.91 Å². The summed E-state index contributed by atoms with van der Waals surface area (Å²) in [6.07, 6.45) is 3.31. The van der Waals surface area contributed by atoms with E-state index in [2.05, 4.69) is 17.2 Å². The van der Waals surface area contributed by atoms with Crippen LogP contribution in [0.1, 0.15) is 29.4 Å². The predicted molar refractivity (Wildman–Crippen MR) is 141 cm³/mol. The van der Waals surface area contributed by atoms with Crippen LogP contribution in [0.3, 0.4) is 0 Å². The molecule has 4 rings (SSSR count). The number of amides is 1. The minimum atomic E-state index is -0.312. The zero-order valence-electron chi connectivity index (χ0n) is 20.9. The third-order valence-electron chi connectivity index (χ3n) is 5.83. The maximum absolute atomic E-state index is 12.3. The van der Waals surface area contributed by atoms with E-state index in [9.17, 15) is 9.59 Å². The summed E-state index contributed by atoms with van der Waals surface area (Å²) < 4.78 is 13.0. The Bertz CT molecular complexity index is 1440. The molecule has 7 nitrogen and oxygen atoms in total. The number of benzene rings is 3. The zero-order chi connectivity index (χ0) is 25.7. The summed E-state index contributed by atoms with van der Waals surface area (Å²) in [4.78, 5) is 28.9. The Kier molecular flexibility index (Phi) is 7.49. The number of rotatable bonds is 8. The Morgan fingerprint density at radius 1 is 1.00 bits per heavy atom. The normalized spacial score (nSPS) is 11.1. The molecule has 1 N–H and O–H groups in total. The Morgan fingerprint density at radius 2 is 1.78 bits per heavy atom. The van der Waals surface area contributed by atoms with Crippen molar-refractivity contribution in [3.05, 3.63) is 89.3 Å². The second-order valence-electron chi connectivity index (χ2n) is 8.47. The van der Waals surface area contributed by atoms with Crippen LogP contribution in [0.4, 0.5) is 5.69 Å². The summed E-state index contributed by atoms with van der Waals surface area (Å²) in [7, 11) is 0. The summed E-state index contributed by atoms with van der Waals surface area (Å²) in [5, 5.41) is 2.86. The van der Waals surface area contributed by atoms with Crippen molar-refractivity contribution in [2.45, 2.75) is 34.2 Å². The van der Waals surface area contributed by atoms with Crippen LogP contribution in [-0.4, -0.2) is 28.0 Å². The number of esters is 1. The van der Waals surface area contributed by atoms with Crippen LogP contribution in [0.2, 0.25) is 0 Å². The molecular weight excluding hydrogens is 454 g/mol. The van der Waals surface area contributed by atoms with Crippen LogP contribution in [-0.2, 0) is 20.9 Å². The van der Waals surface area contributed by atoms with Gasteiger partial charge in [-0.05, 0) is 86.9 Å². The molecule has 0 unspecified atom stereocenters. The zero-order valence-corrected chi connectivity index (χ0v) is 20.9. The number of imidazole rings is 1. The van der Waals surface area contributed by atoms with Crippen molar-refractivity contribution in [3.8, 4) is 11.5 Å². The summed E-state index contributed by atoms with van der Waals surface area (Å²) in [6.45, 7) is 8.15. The molecule has 36 heavy (non-hydrogen) atoms. The van der Waals surface area contributed by atoms with Crippen LogP contribution >= 0.6 is 0 Å². The Morgan fingerprint density at radius 3 is 2.50 bits per heavy atom. The number of nitrogens with one attached hydrogen (secondary N) is 1. The van der Waals surface area contributed by atoms with E-state index in [1.165, 1.54) is 17.2 Å². The number of ether oxygens (including phenoxy) is 2. The van der Waals surface area contributed by atoms with Gasteiger partial charge in [0.25, 0.3) is 0 Å². The van der Waals surface area contributed by atoms with Gasteiger partial charge in [-0.25, -0.2) is 4.98 Å². The number of aromatic nitrogens is 2. The molecule has 0 fully saturated rings. The first-order valence-electron chi connectivity index (χ1n) is 11.8. The van der Waals surface area contributed by atoms with Gasteiger partial charge in [-0.1, -0.05) is 24.3 Å². The Hall–Kier alpha value is -4.39. The highest BCUT2D eigenvalue weighted by atomic mass is 16.5. The monoisotopic (exact) mass is 483 g/mol. The standard InChI is InChI=1S/C29H29N3O4/c1-5-35-28(34)18-32-21(4)30-29-25(32)7-6-8-26(29)36-24-14-12-23(13-15-24)31-27(33)16-11-22-10-9-19(2)20(3)17-22/h6-17H,5,18H2,1-4H3,(H,31,33)/b16-11+. The number of carbonyl (C=O) groups is 2. The number of anilines is 1. The molecule has 0 aliphatic carbocycles. The van der Waals surface area contributed by atoms with Gasteiger partial charge >= 0.3 is 5.97 Å². The van der Waals surface area contributed by atoms with Crippen molar-refractivity contribution in [2.75, 3.05) is 11.9 Å². The van der Waals surface area contributed by atoms with Crippen LogP contribution in [0, 0.1) is 20.8 Å². The molecule has 3 aromatic carbocycles. The minimum Gasteiger partial charge on any atom is -0.465 e. The lowest BCUT2D eigenvalue weighted by Gasteiger charge is -2.09. The van der Waals surface area contributed by atoms with Gasteiger partial charge in [0, 0.05) is 11.8 Å². The van der Waals surface area contributed by atoms with Crippen molar-refractivity contribution < 1.29 is 19.1 Å². The highest BCUT2D eigenvalue weighted by molar-refractivity contribution is 6.02. The van der Waals surface area contributed by atoms with Crippen molar-refractivity contribution >= 4 is 34.7 Å². The highest BCUT2D eigenvalue weighted by Crippen LogP contribution is 2.30. The first kappa shape index (κ1) is 24.7. The SMILES string of the molecule is CCOC(=O)Cn1c(C)nc2c(Oc3ccc(NC(=O)/C=C/c4ccc(C)c(C)c4)cc3)cccc21. The largest absolute Gasteiger partial charge is 0.465 e. The Balaban J connectivity index is 1.43. The van der Waals surface area contributed by atoms with Crippen molar-refractivity contribution in [2.24, 2.45) is 0 Å². The molecule has 0 aliphatic rings. The smallest absolute Gasteiger partial charge is 0.326 e. The van der Waals surface area contributed by atoms with Gasteiger partial charge in [0.05, 0.1) is 12.1 Å². The number of fused-ring (bicyclic) bond motifs is 1. The lowest BCUT2D eigenvalue weighted by molar-refractivity contribution is -0.143. The molecule has 1 amide bonds. The molecule has 1 aromatic heterocycles. The van der Waals surface area contributed by atoms with Gasteiger partial charge in [-0.15, -0.1) is 0 Å². The van der Waals surface area contributed by atoms with Crippen molar-refractivity contribution in [3.63, 3.8) is 0 Å². The lowest BCUT2D eigenvalue weighted by Crippen LogP contribution is -2.14. The fourth-order valence-electron chi connectivity index (χ4n) is 3.81. The average Bonchev–Trinajstić information content (AvgIpc) is 3.17. The van der Waals surface area contributed by atoms with E-state index in [1.807, 2.05) is 54.8 Å². The third kappa shape index (κ3) is 5.81. The second kappa shape index (κ2) is 10.9. The molecule has 4 aromatic rings. The van der Waals surface area contributed by atoms with Crippen LogP contribution in [0.5, 0.6) is 11.5 Å². The van der Waals surface area contributed by atoms with E-state index in [1.54, 1.807) is 37.3 Å². The van der Waals surface area contributed by atoms with E-state index >= 15 is 0 Å². The quantitative estimate of drug-likeness (QED) is 0.247. The van der Waals surface area contributed by atoms with Gasteiger partial charge in [-0.3, -0.25) is 9.59 Å². The molecule has 0 atom stereocenters. The topological polar surface area (TPSA) is 82.5 Å². The molecular formula is C29H29N3O4. The number of hydrogen-bond donors (Lipinski definition) is 1. The van der Waals surface area contributed by atoms with Crippen molar-refractivity contribution in [1.82, 2.24) is 9.55 Å². The lowest BCUT2D eigenvalue weighted by atomic mass is 10.1. The molecule has 0 bridgehead atoms. The van der Waals surface area contributed by atoms with E-state index < -0.39 is 0 Å². The fraction of sp³-hybridized carbons (Fsp3) is 0.207. The fourth-order valence-corrected chi connectivity index (χ4v) is 3.81. The minimum absolute atomic E-state index is 0.0893. The van der Waals surface area contributed by atoms with Gasteiger partial charge in [0.1, 0.15) is 23.6 Å². The summed E-state index contributed by atoms with van der Waals surface area (Å²) in [5.41, 5.74) is 5.49. The second-order valence-corrected chi connectivity index (χ2v) is 8.47.